The fraction of sp³-hybridized carbons (Fsp3) is 0.400. The maximum atomic E-state index is 13.1. The van der Waals surface area contributed by atoms with Gasteiger partial charge < -0.3 is 9.67 Å². The lowest BCUT2D eigenvalue weighted by Gasteiger charge is -2.11. The molecule has 6 heteroatoms. The Morgan fingerprint density at radius 3 is 2.57 bits per heavy atom. The SMILES string of the molecule is CCn1c(CC(C)C(=O)O)cc2c(C(F)(F)F)cccc21. The van der Waals surface area contributed by atoms with Gasteiger partial charge in [-0.2, -0.15) is 13.2 Å². The van der Waals surface area contributed by atoms with Crippen molar-refractivity contribution in [2.45, 2.75) is 33.0 Å². The number of fused-ring (bicyclic) bond motifs is 1. The molecular weight excluding hydrogens is 283 g/mol. The van der Waals surface area contributed by atoms with Gasteiger partial charge in [-0.3, -0.25) is 4.79 Å². The van der Waals surface area contributed by atoms with Crippen molar-refractivity contribution in [3.63, 3.8) is 0 Å². The van der Waals surface area contributed by atoms with E-state index in [1.54, 1.807) is 17.6 Å². The average molecular weight is 299 g/mol. The minimum Gasteiger partial charge on any atom is -0.481 e. The molecule has 0 aliphatic heterocycles. The Kier molecular flexibility index (Phi) is 3.98. The zero-order valence-electron chi connectivity index (χ0n) is 11.7. The molecule has 0 saturated carbocycles. The number of hydrogen-bond acceptors (Lipinski definition) is 1. The van der Waals surface area contributed by atoms with Gasteiger partial charge in [-0.1, -0.05) is 13.0 Å². The highest BCUT2D eigenvalue weighted by Gasteiger charge is 2.33. The second-order valence-corrected chi connectivity index (χ2v) is 5.06. The van der Waals surface area contributed by atoms with Crippen LogP contribution in [0.15, 0.2) is 24.3 Å². The van der Waals surface area contributed by atoms with Gasteiger partial charge in [0.1, 0.15) is 0 Å². The van der Waals surface area contributed by atoms with Crippen molar-refractivity contribution < 1.29 is 23.1 Å². The molecule has 0 saturated heterocycles. The van der Waals surface area contributed by atoms with Crippen LogP contribution in [0.3, 0.4) is 0 Å². The molecule has 0 radical (unpaired) electrons. The smallest absolute Gasteiger partial charge is 0.417 e. The van der Waals surface area contributed by atoms with Gasteiger partial charge in [-0.25, -0.2) is 0 Å². The number of rotatable bonds is 4. The lowest BCUT2D eigenvalue weighted by atomic mass is 10.1. The maximum absolute atomic E-state index is 13.1. The standard InChI is InChI=1S/C15H16F3NO2/c1-3-19-10(7-9(2)14(20)21)8-11-12(15(16,17)18)5-4-6-13(11)19/h4-6,8-9H,3,7H2,1-2H3,(H,20,21). The normalized spacial score (nSPS) is 13.6. The summed E-state index contributed by atoms with van der Waals surface area (Å²) < 4.78 is 40.9. The summed E-state index contributed by atoms with van der Waals surface area (Å²) in [6, 6.07) is 5.51. The van der Waals surface area contributed by atoms with Gasteiger partial charge in [0.2, 0.25) is 0 Å². The molecular formula is C15H16F3NO2. The molecule has 0 spiro atoms. The van der Waals surface area contributed by atoms with E-state index in [2.05, 4.69) is 0 Å². The molecule has 1 unspecified atom stereocenters. The summed E-state index contributed by atoms with van der Waals surface area (Å²) in [6.45, 7) is 3.87. The highest BCUT2D eigenvalue weighted by Crippen LogP contribution is 2.36. The fourth-order valence-corrected chi connectivity index (χ4v) is 2.53. The first-order chi connectivity index (χ1) is 9.75. The maximum Gasteiger partial charge on any atom is 0.417 e. The number of alkyl halides is 3. The summed E-state index contributed by atoms with van der Waals surface area (Å²) >= 11 is 0. The Balaban J connectivity index is 2.60. The number of hydrogen-bond donors (Lipinski definition) is 1. The van der Waals surface area contributed by atoms with Crippen molar-refractivity contribution in [3.8, 4) is 0 Å². The van der Waals surface area contributed by atoms with E-state index in [9.17, 15) is 18.0 Å². The van der Waals surface area contributed by atoms with Gasteiger partial charge in [0, 0.05) is 29.6 Å². The molecule has 1 aromatic heterocycles. The van der Waals surface area contributed by atoms with Gasteiger partial charge in [-0.15, -0.1) is 0 Å². The summed E-state index contributed by atoms with van der Waals surface area (Å²) in [7, 11) is 0. The Morgan fingerprint density at radius 2 is 2.05 bits per heavy atom. The number of aromatic nitrogens is 1. The first-order valence-corrected chi connectivity index (χ1v) is 6.66. The molecule has 2 rings (SSSR count). The highest BCUT2D eigenvalue weighted by atomic mass is 19.4. The van der Waals surface area contributed by atoms with Crippen LogP contribution in [0.5, 0.6) is 0 Å². The van der Waals surface area contributed by atoms with Crippen LogP contribution in [0.25, 0.3) is 10.9 Å². The minimum absolute atomic E-state index is 0.124. The number of carboxylic acid groups (broad SMARTS) is 1. The quantitative estimate of drug-likeness (QED) is 0.929. The molecule has 0 aliphatic rings. The summed E-state index contributed by atoms with van der Waals surface area (Å²) in [6.07, 6.45) is -4.22. The average Bonchev–Trinajstić information content (AvgIpc) is 2.73. The zero-order chi connectivity index (χ0) is 15.8. The Labute approximate surface area is 120 Å². The van der Waals surface area contributed by atoms with Crippen LogP contribution in [0, 0.1) is 5.92 Å². The Morgan fingerprint density at radius 1 is 1.38 bits per heavy atom. The minimum atomic E-state index is -4.42. The lowest BCUT2D eigenvalue weighted by Crippen LogP contribution is -2.14. The predicted octanol–water partition coefficient (Wildman–Crippen LogP) is 3.94. The van der Waals surface area contributed by atoms with Crippen LogP contribution in [0.1, 0.15) is 25.1 Å². The van der Waals surface area contributed by atoms with Crippen LogP contribution < -0.4 is 0 Å². The van der Waals surface area contributed by atoms with Crippen LogP contribution in [0.4, 0.5) is 13.2 Å². The van der Waals surface area contributed by atoms with E-state index in [0.717, 1.165) is 6.07 Å². The summed E-state index contributed by atoms with van der Waals surface area (Å²) in [5.41, 5.74) is 0.412. The molecule has 3 nitrogen and oxygen atoms in total. The molecule has 114 valence electrons. The summed E-state index contributed by atoms with van der Waals surface area (Å²) in [5.74, 6) is -1.60. The van der Waals surface area contributed by atoms with Gasteiger partial charge in [-0.05, 0) is 25.1 Å². The third-order valence-electron chi connectivity index (χ3n) is 3.59. The number of nitrogens with zero attached hydrogens (tertiary/aromatic N) is 1. The Bertz CT molecular complexity index is 673. The van der Waals surface area contributed by atoms with Crippen molar-refractivity contribution >= 4 is 16.9 Å². The first kappa shape index (κ1) is 15.4. The molecule has 0 bridgehead atoms. The van der Waals surface area contributed by atoms with Crippen LogP contribution in [-0.2, 0) is 23.9 Å². The monoisotopic (exact) mass is 299 g/mol. The number of aliphatic carboxylic acids is 1. The first-order valence-electron chi connectivity index (χ1n) is 6.66. The molecule has 1 heterocycles. The van der Waals surface area contributed by atoms with Crippen LogP contribution in [0.2, 0.25) is 0 Å². The summed E-state index contributed by atoms with van der Waals surface area (Å²) in [5, 5.41) is 9.10. The molecule has 2 aromatic rings. The van der Waals surface area contributed by atoms with Crippen molar-refractivity contribution in [3.05, 3.63) is 35.5 Å². The molecule has 1 atom stereocenters. The molecule has 0 aliphatic carbocycles. The van der Waals surface area contributed by atoms with E-state index >= 15 is 0 Å². The fourth-order valence-electron chi connectivity index (χ4n) is 2.53. The van der Waals surface area contributed by atoms with Crippen molar-refractivity contribution in [2.75, 3.05) is 0 Å². The van der Waals surface area contributed by atoms with Gasteiger partial charge in [0.15, 0.2) is 0 Å². The van der Waals surface area contributed by atoms with E-state index in [4.69, 9.17) is 5.11 Å². The van der Waals surface area contributed by atoms with Gasteiger partial charge in [0.25, 0.3) is 0 Å². The largest absolute Gasteiger partial charge is 0.481 e. The van der Waals surface area contributed by atoms with Crippen LogP contribution >= 0.6 is 0 Å². The van der Waals surface area contributed by atoms with Crippen molar-refractivity contribution in [1.29, 1.82) is 0 Å². The topological polar surface area (TPSA) is 42.2 Å². The summed E-state index contributed by atoms with van der Waals surface area (Å²) in [4.78, 5) is 11.0. The van der Waals surface area contributed by atoms with E-state index < -0.39 is 23.6 Å². The predicted molar refractivity (Wildman–Crippen MR) is 73.1 cm³/mol. The van der Waals surface area contributed by atoms with Crippen LogP contribution in [-0.4, -0.2) is 15.6 Å². The number of aryl methyl sites for hydroxylation is 1. The van der Waals surface area contributed by atoms with E-state index in [1.807, 2.05) is 6.92 Å². The Hall–Kier alpha value is -1.98. The third kappa shape index (κ3) is 2.89. The molecule has 0 amide bonds. The zero-order valence-corrected chi connectivity index (χ0v) is 11.7. The second kappa shape index (κ2) is 5.42. The molecule has 1 aromatic carbocycles. The second-order valence-electron chi connectivity index (χ2n) is 5.06. The van der Waals surface area contributed by atoms with E-state index in [-0.39, 0.29) is 11.8 Å². The number of benzene rings is 1. The van der Waals surface area contributed by atoms with Gasteiger partial charge in [0.05, 0.1) is 11.5 Å². The van der Waals surface area contributed by atoms with E-state index in [1.165, 1.54) is 12.1 Å². The number of carbonyl (C=O) groups is 1. The van der Waals surface area contributed by atoms with E-state index in [0.29, 0.717) is 17.8 Å². The van der Waals surface area contributed by atoms with Crippen molar-refractivity contribution in [1.82, 2.24) is 4.57 Å². The number of halogens is 3. The molecule has 21 heavy (non-hydrogen) atoms. The molecule has 1 N–H and O–H groups in total. The highest BCUT2D eigenvalue weighted by molar-refractivity contribution is 5.85. The number of carboxylic acids is 1. The third-order valence-corrected chi connectivity index (χ3v) is 3.59. The molecule has 0 fully saturated rings. The lowest BCUT2D eigenvalue weighted by molar-refractivity contribution is -0.141. The van der Waals surface area contributed by atoms with Gasteiger partial charge >= 0.3 is 12.1 Å². The van der Waals surface area contributed by atoms with Crippen molar-refractivity contribution in [2.24, 2.45) is 5.92 Å².